The minimum absolute atomic E-state index is 0.107. The zero-order chi connectivity index (χ0) is 19.4. The molecule has 2 N–H and O–H groups in total. The number of fused-ring (bicyclic) bond motifs is 1. The van der Waals surface area contributed by atoms with Crippen LogP contribution in [0.2, 0.25) is 0 Å². The molecule has 3 rings (SSSR count). The summed E-state index contributed by atoms with van der Waals surface area (Å²) in [5.41, 5.74) is 1.89. The number of rotatable bonds is 6. The van der Waals surface area contributed by atoms with Crippen LogP contribution in [0.15, 0.2) is 18.2 Å². The van der Waals surface area contributed by atoms with Crippen molar-refractivity contribution in [2.45, 2.75) is 33.4 Å². The summed E-state index contributed by atoms with van der Waals surface area (Å²) in [6.07, 6.45) is -0.450. The van der Waals surface area contributed by atoms with Gasteiger partial charge >= 0.3 is 0 Å². The van der Waals surface area contributed by atoms with Crippen LogP contribution >= 0.6 is 0 Å². The number of carbonyl (C=O) groups excluding carboxylic acids is 2. The molecule has 0 bridgehead atoms. The van der Waals surface area contributed by atoms with Crippen LogP contribution in [0, 0.1) is 5.92 Å². The first-order valence-electron chi connectivity index (χ1n) is 9.72. The number of hydrogen-bond acceptors (Lipinski definition) is 5. The molecule has 0 aliphatic carbocycles. The van der Waals surface area contributed by atoms with Gasteiger partial charge in [-0.05, 0) is 30.5 Å². The van der Waals surface area contributed by atoms with Crippen LogP contribution in [0.1, 0.15) is 26.3 Å². The summed E-state index contributed by atoms with van der Waals surface area (Å²) in [7, 11) is 0. The summed E-state index contributed by atoms with van der Waals surface area (Å²) >= 11 is 0. The van der Waals surface area contributed by atoms with Crippen molar-refractivity contribution in [3.8, 4) is 5.75 Å². The van der Waals surface area contributed by atoms with Crippen LogP contribution < -0.4 is 15.4 Å². The van der Waals surface area contributed by atoms with Gasteiger partial charge in [-0.2, -0.15) is 0 Å². The van der Waals surface area contributed by atoms with E-state index in [2.05, 4.69) is 40.3 Å². The molecule has 7 nitrogen and oxygen atoms in total. The number of nitrogens with zero attached hydrogens (tertiary/aromatic N) is 2. The lowest BCUT2D eigenvalue weighted by Gasteiger charge is -2.34. The highest BCUT2D eigenvalue weighted by molar-refractivity contribution is 5.97. The number of benzene rings is 1. The normalized spacial score (nSPS) is 20.7. The predicted molar refractivity (Wildman–Crippen MR) is 105 cm³/mol. The van der Waals surface area contributed by atoms with Gasteiger partial charge in [0.2, 0.25) is 5.91 Å². The predicted octanol–water partition coefficient (Wildman–Crippen LogP) is 1.30. The standard InChI is InChI=1S/C20H30N4O3/c1-14(2)11-21-19(25)13-24-8-6-23(7-9-24)12-16-4-5-18-17(10-16)22-20(26)15(3)27-18/h4-5,10,14-15H,6-9,11-13H2,1-3H3,(H,21,25)(H,22,26)/t15-/m0/s1. The van der Waals surface area contributed by atoms with Gasteiger partial charge in [-0.1, -0.05) is 19.9 Å². The van der Waals surface area contributed by atoms with E-state index in [1.807, 2.05) is 12.1 Å². The fraction of sp³-hybridized carbons (Fsp3) is 0.600. The Kier molecular flexibility index (Phi) is 6.34. The van der Waals surface area contributed by atoms with Crippen LogP contribution in [0.3, 0.4) is 0 Å². The van der Waals surface area contributed by atoms with Gasteiger partial charge in [-0.15, -0.1) is 0 Å². The first-order valence-corrected chi connectivity index (χ1v) is 9.72. The van der Waals surface area contributed by atoms with E-state index in [0.717, 1.165) is 56.3 Å². The van der Waals surface area contributed by atoms with Gasteiger partial charge in [0.05, 0.1) is 12.2 Å². The largest absolute Gasteiger partial charge is 0.479 e. The summed E-state index contributed by atoms with van der Waals surface area (Å²) in [5.74, 6) is 1.20. The van der Waals surface area contributed by atoms with Crippen LogP contribution in [-0.4, -0.2) is 67.0 Å². The molecule has 2 heterocycles. The summed E-state index contributed by atoms with van der Waals surface area (Å²) in [4.78, 5) is 28.3. The Hall–Kier alpha value is -2.12. The molecule has 0 radical (unpaired) electrons. The topological polar surface area (TPSA) is 73.9 Å². The molecule has 7 heteroatoms. The first kappa shape index (κ1) is 19.6. The molecule has 0 aromatic heterocycles. The quantitative estimate of drug-likeness (QED) is 0.785. The average Bonchev–Trinajstić information content (AvgIpc) is 2.63. The molecule has 148 valence electrons. The second-order valence-corrected chi connectivity index (χ2v) is 7.83. The Labute approximate surface area is 161 Å². The third-order valence-corrected chi connectivity index (χ3v) is 4.92. The second kappa shape index (κ2) is 8.71. The molecule has 1 aromatic rings. The van der Waals surface area contributed by atoms with E-state index in [0.29, 0.717) is 12.5 Å². The molecule has 0 unspecified atom stereocenters. The molecule has 1 saturated heterocycles. The number of hydrogen-bond donors (Lipinski definition) is 2. The van der Waals surface area contributed by atoms with Crippen molar-refractivity contribution in [2.24, 2.45) is 5.92 Å². The SMILES string of the molecule is CC(C)CNC(=O)CN1CCN(Cc2ccc3c(c2)NC(=O)[C@H](C)O3)CC1. The third kappa shape index (κ3) is 5.43. The van der Waals surface area contributed by atoms with Gasteiger partial charge in [0.1, 0.15) is 5.75 Å². The minimum Gasteiger partial charge on any atom is -0.479 e. The Balaban J connectivity index is 1.46. The lowest BCUT2D eigenvalue weighted by Crippen LogP contribution is -2.49. The van der Waals surface area contributed by atoms with Crippen molar-refractivity contribution in [2.75, 3.05) is 44.6 Å². The lowest BCUT2D eigenvalue weighted by atomic mass is 10.1. The zero-order valence-electron chi connectivity index (χ0n) is 16.5. The molecule has 1 aromatic carbocycles. The van der Waals surface area contributed by atoms with Crippen molar-refractivity contribution in [3.05, 3.63) is 23.8 Å². The van der Waals surface area contributed by atoms with Crippen molar-refractivity contribution in [3.63, 3.8) is 0 Å². The van der Waals surface area contributed by atoms with Gasteiger partial charge < -0.3 is 15.4 Å². The van der Waals surface area contributed by atoms with E-state index in [1.165, 1.54) is 0 Å². The van der Waals surface area contributed by atoms with Crippen molar-refractivity contribution < 1.29 is 14.3 Å². The fourth-order valence-corrected chi connectivity index (χ4v) is 3.29. The Morgan fingerprint density at radius 2 is 1.96 bits per heavy atom. The fourth-order valence-electron chi connectivity index (χ4n) is 3.29. The molecular weight excluding hydrogens is 344 g/mol. The Morgan fingerprint density at radius 3 is 2.67 bits per heavy atom. The summed E-state index contributed by atoms with van der Waals surface area (Å²) in [6, 6.07) is 5.97. The van der Waals surface area contributed by atoms with E-state index in [1.54, 1.807) is 6.92 Å². The number of amides is 2. The molecule has 2 amide bonds. The minimum atomic E-state index is -0.450. The smallest absolute Gasteiger partial charge is 0.265 e. The lowest BCUT2D eigenvalue weighted by molar-refractivity contribution is -0.123. The molecule has 0 spiro atoms. The summed E-state index contributed by atoms with van der Waals surface area (Å²) in [5, 5.41) is 5.88. The molecule has 2 aliphatic rings. The highest BCUT2D eigenvalue weighted by Crippen LogP contribution is 2.30. The summed E-state index contributed by atoms with van der Waals surface area (Å²) in [6.45, 7) is 11.6. The molecule has 1 fully saturated rings. The summed E-state index contributed by atoms with van der Waals surface area (Å²) < 4.78 is 5.60. The maximum absolute atomic E-state index is 12.0. The average molecular weight is 374 g/mol. The van der Waals surface area contributed by atoms with Gasteiger partial charge in [-0.25, -0.2) is 0 Å². The number of ether oxygens (including phenoxy) is 1. The molecular formula is C20H30N4O3. The monoisotopic (exact) mass is 374 g/mol. The first-order chi connectivity index (χ1) is 12.9. The number of anilines is 1. The maximum atomic E-state index is 12.0. The van der Waals surface area contributed by atoms with Gasteiger partial charge in [0.15, 0.2) is 6.10 Å². The zero-order valence-corrected chi connectivity index (χ0v) is 16.5. The van der Waals surface area contributed by atoms with Crippen LogP contribution in [0.25, 0.3) is 0 Å². The molecule has 27 heavy (non-hydrogen) atoms. The van der Waals surface area contributed by atoms with Gasteiger partial charge in [0, 0.05) is 39.3 Å². The Bertz CT molecular complexity index is 684. The van der Waals surface area contributed by atoms with E-state index in [4.69, 9.17) is 4.74 Å². The van der Waals surface area contributed by atoms with Gasteiger partial charge in [-0.3, -0.25) is 19.4 Å². The van der Waals surface area contributed by atoms with Gasteiger partial charge in [0.25, 0.3) is 5.91 Å². The van der Waals surface area contributed by atoms with E-state index < -0.39 is 6.10 Å². The molecule has 1 atom stereocenters. The van der Waals surface area contributed by atoms with Crippen molar-refractivity contribution in [1.29, 1.82) is 0 Å². The van der Waals surface area contributed by atoms with E-state index in [9.17, 15) is 9.59 Å². The van der Waals surface area contributed by atoms with E-state index in [-0.39, 0.29) is 11.8 Å². The van der Waals surface area contributed by atoms with Crippen LogP contribution in [-0.2, 0) is 16.1 Å². The highest BCUT2D eigenvalue weighted by atomic mass is 16.5. The van der Waals surface area contributed by atoms with Crippen LogP contribution in [0.5, 0.6) is 5.75 Å². The Morgan fingerprint density at radius 1 is 1.26 bits per heavy atom. The highest BCUT2D eigenvalue weighted by Gasteiger charge is 2.24. The maximum Gasteiger partial charge on any atom is 0.265 e. The van der Waals surface area contributed by atoms with Crippen LogP contribution in [0.4, 0.5) is 5.69 Å². The van der Waals surface area contributed by atoms with Crippen molar-refractivity contribution in [1.82, 2.24) is 15.1 Å². The van der Waals surface area contributed by atoms with Crippen molar-refractivity contribution >= 4 is 17.5 Å². The third-order valence-electron chi connectivity index (χ3n) is 4.92. The number of nitrogens with one attached hydrogen (secondary N) is 2. The molecule has 2 aliphatic heterocycles. The second-order valence-electron chi connectivity index (χ2n) is 7.83. The number of piperazine rings is 1. The number of carbonyl (C=O) groups is 2. The molecule has 0 saturated carbocycles. The van der Waals surface area contributed by atoms with E-state index >= 15 is 0 Å².